The van der Waals surface area contributed by atoms with Gasteiger partial charge in [-0.2, -0.15) is 0 Å². The molecule has 0 heterocycles. The Hall–Kier alpha value is 0.929. The molecule has 0 saturated carbocycles. The molecule has 0 spiro atoms. The van der Waals surface area contributed by atoms with Gasteiger partial charge in [0.2, 0.25) is 0 Å². The summed E-state index contributed by atoms with van der Waals surface area (Å²) >= 11 is 0. The number of hydrogen-bond acceptors (Lipinski definition) is 4. The van der Waals surface area contributed by atoms with E-state index >= 15 is 0 Å². The molecule has 0 atom stereocenters. The molecule has 0 aliphatic carbocycles. The molecule has 0 radical (unpaired) electrons. The van der Waals surface area contributed by atoms with Gasteiger partial charge in [0.15, 0.2) is 0 Å². The summed E-state index contributed by atoms with van der Waals surface area (Å²) in [5, 5.41) is 0. The summed E-state index contributed by atoms with van der Waals surface area (Å²) < 4.78 is 31.7. The Labute approximate surface area is 107 Å². The third-order valence-corrected chi connectivity index (χ3v) is 3.46. The monoisotopic (exact) mass is 355 g/mol. The standard InChI is InChI=1S/C3H12NO9P3.Fe/c5-14(6,7)1-4(2-15(8,9)10)3-16(11,12)13;/h1-3H2,(H2,5,6,7)(H2,8,9,10)(H2,11,12,13);/q;+2. The van der Waals surface area contributed by atoms with Gasteiger partial charge in [0.1, 0.15) is 18.9 Å². The topological polar surface area (TPSA) is 176 Å². The van der Waals surface area contributed by atoms with Crippen LogP contribution < -0.4 is 0 Å². The zero-order valence-electron chi connectivity index (χ0n) is 8.17. The fraction of sp³-hybridized carbons (Fsp3) is 1.00. The van der Waals surface area contributed by atoms with Gasteiger partial charge < -0.3 is 29.4 Å². The summed E-state index contributed by atoms with van der Waals surface area (Å²) in [5.41, 5.74) is 0. The summed E-state index contributed by atoms with van der Waals surface area (Å²) in [5.74, 6) is 0. The van der Waals surface area contributed by atoms with E-state index in [-0.39, 0.29) is 17.1 Å². The molecule has 0 fully saturated rings. The molecule has 0 aromatic rings. The van der Waals surface area contributed by atoms with Crippen molar-refractivity contribution < 1.29 is 60.1 Å². The van der Waals surface area contributed by atoms with Crippen LogP contribution in [0, 0.1) is 0 Å². The van der Waals surface area contributed by atoms with Gasteiger partial charge in [0.25, 0.3) is 0 Å². The first kappa shape index (κ1) is 20.3. The first-order valence-electron chi connectivity index (χ1n) is 3.65. The van der Waals surface area contributed by atoms with Crippen LogP contribution in [-0.4, -0.2) is 53.1 Å². The van der Waals surface area contributed by atoms with Crippen molar-refractivity contribution >= 4 is 22.8 Å². The molecule has 0 saturated heterocycles. The molecule has 0 aliphatic rings. The minimum atomic E-state index is -4.65. The van der Waals surface area contributed by atoms with Crippen molar-refractivity contribution in [3.05, 3.63) is 0 Å². The fourth-order valence-corrected chi connectivity index (χ4v) is 3.55. The molecule has 0 rings (SSSR count). The second kappa shape index (κ2) is 6.91. The Morgan fingerprint density at radius 1 is 0.647 bits per heavy atom. The van der Waals surface area contributed by atoms with Gasteiger partial charge in [-0.05, 0) is 0 Å². The van der Waals surface area contributed by atoms with E-state index in [1.54, 1.807) is 0 Å². The third kappa shape index (κ3) is 14.9. The minimum absolute atomic E-state index is 0. The number of rotatable bonds is 6. The average Bonchev–Trinajstić information content (AvgIpc) is 1.70. The fourth-order valence-electron chi connectivity index (χ4n) is 0.916. The smallest absolute Gasteiger partial charge is 0.324 e. The molecule has 17 heavy (non-hydrogen) atoms. The van der Waals surface area contributed by atoms with Crippen LogP contribution in [0.15, 0.2) is 0 Å². The summed E-state index contributed by atoms with van der Waals surface area (Å²) in [6, 6.07) is 0. The van der Waals surface area contributed by atoms with Crippen LogP contribution in [0.2, 0.25) is 0 Å². The SMILES string of the molecule is O=P(O)(O)CN(CP(=O)(O)O)CP(=O)(O)O.[Fe+2]. The third-order valence-electron chi connectivity index (χ3n) is 1.15. The Balaban J connectivity index is 0. The molecular weight excluding hydrogens is 343 g/mol. The van der Waals surface area contributed by atoms with E-state index in [1.807, 2.05) is 0 Å². The van der Waals surface area contributed by atoms with Crippen LogP contribution in [0.1, 0.15) is 0 Å². The molecular formula is C3H12FeNO9P3+2. The summed E-state index contributed by atoms with van der Waals surface area (Å²) in [7, 11) is -14.0. The van der Waals surface area contributed by atoms with Crippen LogP contribution in [0.3, 0.4) is 0 Å². The normalized spacial score (nSPS) is 13.6. The van der Waals surface area contributed by atoms with E-state index in [0.717, 1.165) is 0 Å². The second-order valence-electron chi connectivity index (χ2n) is 3.09. The van der Waals surface area contributed by atoms with Crippen LogP contribution in [0.5, 0.6) is 0 Å². The van der Waals surface area contributed by atoms with Crippen molar-refractivity contribution in [3.63, 3.8) is 0 Å². The van der Waals surface area contributed by atoms with E-state index in [2.05, 4.69) is 0 Å². The van der Waals surface area contributed by atoms with E-state index in [0.29, 0.717) is 4.90 Å². The van der Waals surface area contributed by atoms with Gasteiger partial charge in [-0.1, -0.05) is 0 Å². The van der Waals surface area contributed by atoms with Gasteiger partial charge in [-0.3, -0.25) is 18.6 Å². The molecule has 0 bridgehead atoms. The zero-order valence-corrected chi connectivity index (χ0v) is 12.0. The van der Waals surface area contributed by atoms with E-state index in [4.69, 9.17) is 29.4 Å². The summed E-state index contributed by atoms with van der Waals surface area (Å²) in [6.45, 7) is 0. The van der Waals surface area contributed by atoms with E-state index < -0.39 is 41.6 Å². The van der Waals surface area contributed by atoms with Gasteiger partial charge in [-0.25, -0.2) is 0 Å². The molecule has 0 aliphatic heterocycles. The molecule has 104 valence electrons. The van der Waals surface area contributed by atoms with Crippen LogP contribution in [0.4, 0.5) is 0 Å². The van der Waals surface area contributed by atoms with Crippen molar-refractivity contribution in [2.75, 3.05) is 18.9 Å². The molecule has 10 nitrogen and oxygen atoms in total. The first-order chi connectivity index (χ1) is 6.79. The predicted molar refractivity (Wildman–Crippen MR) is 52.6 cm³/mol. The molecule has 14 heteroatoms. The Bertz CT molecular complexity index is 311. The molecule has 0 unspecified atom stereocenters. The molecule has 6 N–H and O–H groups in total. The average molecular weight is 355 g/mol. The van der Waals surface area contributed by atoms with E-state index in [1.165, 1.54) is 0 Å². The van der Waals surface area contributed by atoms with Gasteiger partial charge in [0, 0.05) is 0 Å². The van der Waals surface area contributed by atoms with Crippen molar-refractivity contribution in [2.24, 2.45) is 0 Å². The Morgan fingerprint density at radius 2 is 0.824 bits per heavy atom. The van der Waals surface area contributed by atoms with Gasteiger partial charge >= 0.3 is 39.9 Å². The Morgan fingerprint density at radius 3 is 0.941 bits per heavy atom. The second-order valence-corrected chi connectivity index (χ2v) is 7.93. The van der Waals surface area contributed by atoms with Gasteiger partial charge in [0.05, 0.1) is 0 Å². The van der Waals surface area contributed by atoms with Crippen LogP contribution in [0.25, 0.3) is 0 Å². The number of hydrogen-bond donors (Lipinski definition) is 6. The Kier molecular flexibility index (Phi) is 8.23. The maximum atomic E-state index is 10.6. The molecule has 0 amide bonds. The minimum Gasteiger partial charge on any atom is -0.324 e. The maximum Gasteiger partial charge on any atom is 2.00 e. The van der Waals surface area contributed by atoms with Crippen molar-refractivity contribution in [3.8, 4) is 0 Å². The molecule has 0 aromatic heterocycles. The summed E-state index contributed by atoms with van der Waals surface area (Å²) in [6.07, 6.45) is -3.41. The van der Waals surface area contributed by atoms with Crippen molar-refractivity contribution in [1.29, 1.82) is 0 Å². The number of nitrogens with zero attached hydrogens (tertiary/aromatic N) is 1. The van der Waals surface area contributed by atoms with Crippen molar-refractivity contribution in [2.45, 2.75) is 0 Å². The van der Waals surface area contributed by atoms with Gasteiger partial charge in [-0.15, -0.1) is 0 Å². The zero-order chi connectivity index (χ0) is 13.2. The van der Waals surface area contributed by atoms with Crippen molar-refractivity contribution in [1.82, 2.24) is 4.90 Å². The van der Waals surface area contributed by atoms with E-state index in [9.17, 15) is 13.7 Å². The quantitative estimate of drug-likeness (QED) is 0.248. The molecule has 0 aromatic carbocycles. The maximum absolute atomic E-state index is 10.6. The predicted octanol–water partition coefficient (Wildman–Crippen LogP) is -1.31. The van der Waals surface area contributed by atoms with Crippen LogP contribution in [-0.2, 0) is 30.8 Å². The summed E-state index contributed by atoms with van der Waals surface area (Å²) in [4.78, 5) is 51.6. The first-order valence-corrected chi connectivity index (χ1v) is 9.04. The van der Waals surface area contributed by atoms with Crippen LogP contribution >= 0.6 is 22.8 Å². The largest absolute Gasteiger partial charge is 2.00 e.